The first kappa shape index (κ1) is 11.8. The molecule has 2 heteroatoms. The fourth-order valence-corrected chi connectivity index (χ4v) is 3.07. The topological polar surface area (TPSA) is 20.2 Å². The molecule has 1 aliphatic carbocycles. The lowest BCUT2D eigenvalue weighted by Gasteiger charge is -2.20. The molecule has 0 amide bonds. The minimum atomic E-state index is 0.340. The molecule has 0 aliphatic heterocycles. The van der Waals surface area contributed by atoms with E-state index in [1.165, 1.54) is 31.2 Å². The highest BCUT2D eigenvalue weighted by atomic mass is 35.5. The normalized spacial score (nSPS) is 18.8. The van der Waals surface area contributed by atoms with E-state index >= 15 is 0 Å². The first-order valence-electron chi connectivity index (χ1n) is 6.13. The summed E-state index contributed by atoms with van der Waals surface area (Å²) in [6, 6.07) is 7.53. The second-order valence-electron chi connectivity index (χ2n) is 4.83. The number of hydrogen-bond acceptors (Lipinski definition) is 1. The molecule has 2 rings (SSSR count). The van der Waals surface area contributed by atoms with Gasteiger partial charge in [-0.25, -0.2) is 0 Å². The molecule has 1 aromatic carbocycles. The molecular weight excluding hydrogens is 220 g/mol. The molecule has 1 aromatic rings. The lowest BCUT2D eigenvalue weighted by atomic mass is 9.87. The third-order valence-electron chi connectivity index (χ3n) is 3.70. The maximum atomic E-state index is 9.23. The van der Waals surface area contributed by atoms with E-state index in [0.717, 1.165) is 18.2 Å². The van der Waals surface area contributed by atoms with Gasteiger partial charge in [0.1, 0.15) is 5.75 Å². The molecule has 0 aromatic heterocycles. The number of alkyl halides is 1. The second kappa shape index (κ2) is 5.58. The number of rotatable bonds is 4. The van der Waals surface area contributed by atoms with Gasteiger partial charge in [-0.05, 0) is 36.0 Å². The van der Waals surface area contributed by atoms with Crippen LogP contribution >= 0.6 is 11.6 Å². The molecular formula is C14H19ClO. The molecule has 0 saturated heterocycles. The van der Waals surface area contributed by atoms with Gasteiger partial charge in [0.05, 0.1) is 0 Å². The van der Waals surface area contributed by atoms with Crippen molar-refractivity contribution in [3.8, 4) is 5.75 Å². The summed E-state index contributed by atoms with van der Waals surface area (Å²) in [5.74, 6) is 2.51. The minimum Gasteiger partial charge on any atom is -0.508 e. The molecule has 16 heavy (non-hydrogen) atoms. The third kappa shape index (κ3) is 2.91. The highest BCUT2D eigenvalue weighted by Crippen LogP contribution is 2.34. The summed E-state index contributed by atoms with van der Waals surface area (Å²) in [5.41, 5.74) is 1.29. The number of phenolic OH excluding ortho intramolecular Hbond substituents is 1. The van der Waals surface area contributed by atoms with E-state index in [2.05, 4.69) is 0 Å². The Kier molecular flexibility index (Phi) is 4.11. The summed E-state index contributed by atoms with van der Waals surface area (Å²) in [4.78, 5) is 0. The van der Waals surface area contributed by atoms with Gasteiger partial charge in [0.15, 0.2) is 0 Å². The molecule has 0 bridgehead atoms. The average Bonchev–Trinajstić information content (AvgIpc) is 2.82. The molecule has 1 nitrogen and oxygen atoms in total. The van der Waals surface area contributed by atoms with Crippen molar-refractivity contribution in [2.45, 2.75) is 32.1 Å². The van der Waals surface area contributed by atoms with Crippen LogP contribution in [-0.4, -0.2) is 11.0 Å². The summed E-state index contributed by atoms with van der Waals surface area (Å²) >= 11 is 6.08. The number of phenols is 1. The van der Waals surface area contributed by atoms with E-state index in [0.29, 0.717) is 11.7 Å². The fourth-order valence-electron chi connectivity index (χ4n) is 2.71. The van der Waals surface area contributed by atoms with E-state index in [4.69, 9.17) is 11.6 Å². The smallest absolute Gasteiger partial charge is 0.115 e. The maximum absolute atomic E-state index is 9.23. The Balaban J connectivity index is 1.97. The van der Waals surface area contributed by atoms with Crippen LogP contribution in [0.25, 0.3) is 0 Å². The van der Waals surface area contributed by atoms with Crippen LogP contribution in [0.4, 0.5) is 0 Å². The number of hydrogen-bond donors (Lipinski definition) is 1. The van der Waals surface area contributed by atoms with Crippen molar-refractivity contribution in [2.24, 2.45) is 11.8 Å². The Bertz CT molecular complexity index is 314. The largest absolute Gasteiger partial charge is 0.508 e. The van der Waals surface area contributed by atoms with Crippen LogP contribution in [0.3, 0.4) is 0 Å². The van der Waals surface area contributed by atoms with Gasteiger partial charge >= 0.3 is 0 Å². The van der Waals surface area contributed by atoms with E-state index in [1.807, 2.05) is 12.1 Å². The summed E-state index contributed by atoms with van der Waals surface area (Å²) in [6.45, 7) is 0. The van der Waals surface area contributed by atoms with E-state index < -0.39 is 0 Å². The maximum Gasteiger partial charge on any atom is 0.115 e. The molecule has 1 unspecified atom stereocenters. The van der Waals surface area contributed by atoms with Gasteiger partial charge in [0, 0.05) is 5.88 Å². The zero-order valence-electron chi connectivity index (χ0n) is 9.53. The van der Waals surface area contributed by atoms with Gasteiger partial charge in [-0.1, -0.05) is 37.8 Å². The Morgan fingerprint density at radius 2 is 1.81 bits per heavy atom. The summed E-state index contributed by atoms with van der Waals surface area (Å²) in [7, 11) is 0. The van der Waals surface area contributed by atoms with E-state index in [-0.39, 0.29) is 0 Å². The van der Waals surface area contributed by atoms with Crippen LogP contribution in [0.15, 0.2) is 24.3 Å². The summed E-state index contributed by atoms with van der Waals surface area (Å²) < 4.78 is 0. The minimum absolute atomic E-state index is 0.340. The zero-order valence-corrected chi connectivity index (χ0v) is 10.3. The third-order valence-corrected chi connectivity index (χ3v) is 4.10. The number of halogens is 1. The lowest BCUT2D eigenvalue weighted by Crippen LogP contribution is -2.16. The number of benzene rings is 1. The molecule has 1 atom stereocenters. The molecule has 0 spiro atoms. The Hall–Kier alpha value is -0.690. The van der Waals surface area contributed by atoms with Crippen LogP contribution in [-0.2, 0) is 6.42 Å². The highest BCUT2D eigenvalue weighted by Gasteiger charge is 2.24. The quantitative estimate of drug-likeness (QED) is 0.787. The molecule has 1 N–H and O–H groups in total. The van der Waals surface area contributed by atoms with E-state index in [9.17, 15) is 5.11 Å². The molecule has 88 valence electrons. The molecule has 1 aliphatic rings. The van der Waals surface area contributed by atoms with Gasteiger partial charge in [-0.3, -0.25) is 0 Å². The Labute approximate surface area is 102 Å². The average molecular weight is 239 g/mol. The monoisotopic (exact) mass is 238 g/mol. The lowest BCUT2D eigenvalue weighted by molar-refractivity contribution is 0.369. The molecule has 0 radical (unpaired) electrons. The van der Waals surface area contributed by atoms with Gasteiger partial charge in [0.2, 0.25) is 0 Å². The zero-order chi connectivity index (χ0) is 11.4. The predicted molar refractivity (Wildman–Crippen MR) is 68.0 cm³/mol. The predicted octanol–water partition coefficient (Wildman–Crippen LogP) is 3.98. The standard InChI is InChI=1S/C14H19ClO/c15-10-13(12-3-1-2-4-12)9-11-5-7-14(16)8-6-11/h5-8,12-13,16H,1-4,9-10H2. The van der Waals surface area contributed by atoms with Crippen LogP contribution in [0.5, 0.6) is 5.75 Å². The van der Waals surface area contributed by atoms with Crippen LogP contribution in [0.2, 0.25) is 0 Å². The van der Waals surface area contributed by atoms with Gasteiger partial charge in [0.25, 0.3) is 0 Å². The van der Waals surface area contributed by atoms with Gasteiger partial charge in [-0.15, -0.1) is 11.6 Å². The van der Waals surface area contributed by atoms with E-state index in [1.54, 1.807) is 12.1 Å². The van der Waals surface area contributed by atoms with Crippen molar-refractivity contribution in [3.05, 3.63) is 29.8 Å². The molecule has 1 saturated carbocycles. The SMILES string of the molecule is Oc1ccc(CC(CCl)C2CCCC2)cc1. The molecule has 1 fully saturated rings. The fraction of sp³-hybridized carbons (Fsp3) is 0.571. The Morgan fingerprint density at radius 3 is 2.38 bits per heavy atom. The van der Waals surface area contributed by atoms with Gasteiger partial charge in [-0.2, -0.15) is 0 Å². The van der Waals surface area contributed by atoms with Crippen LogP contribution < -0.4 is 0 Å². The molecule has 0 heterocycles. The van der Waals surface area contributed by atoms with Gasteiger partial charge < -0.3 is 5.11 Å². The summed E-state index contributed by atoms with van der Waals surface area (Å²) in [5, 5.41) is 9.23. The van der Waals surface area contributed by atoms with Crippen molar-refractivity contribution in [1.29, 1.82) is 0 Å². The summed E-state index contributed by atoms with van der Waals surface area (Å²) in [6.07, 6.45) is 6.47. The van der Waals surface area contributed by atoms with Crippen LogP contribution in [0.1, 0.15) is 31.2 Å². The number of aromatic hydroxyl groups is 1. The second-order valence-corrected chi connectivity index (χ2v) is 5.14. The highest BCUT2D eigenvalue weighted by molar-refractivity contribution is 6.18. The van der Waals surface area contributed by atoms with Crippen molar-refractivity contribution in [3.63, 3.8) is 0 Å². The van der Waals surface area contributed by atoms with Crippen LogP contribution in [0, 0.1) is 11.8 Å². The van der Waals surface area contributed by atoms with Crippen molar-refractivity contribution in [1.82, 2.24) is 0 Å². The van der Waals surface area contributed by atoms with Crippen molar-refractivity contribution in [2.75, 3.05) is 5.88 Å². The van der Waals surface area contributed by atoms with Crippen molar-refractivity contribution >= 4 is 11.6 Å². The van der Waals surface area contributed by atoms with Crippen molar-refractivity contribution < 1.29 is 5.11 Å². The Morgan fingerprint density at radius 1 is 1.19 bits per heavy atom. The first-order valence-corrected chi connectivity index (χ1v) is 6.67. The first-order chi connectivity index (χ1) is 7.79.